The Labute approximate surface area is 161 Å². The monoisotopic (exact) mass is 389 g/mol. The predicted molar refractivity (Wildman–Crippen MR) is 104 cm³/mol. The SMILES string of the molecule is Cc1ncc(-c2ccc(S(=O)(=O)N3CCN(C4CCCCC4)CC3)cc2)o1. The van der Waals surface area contributed by atoms with E-state index in [1.807, 2.05) is 0 Å². The first kappa shape index (κ1) is 18.7. The Balaban J connectivity index is 1.42. The lowest BCUT2D eigenvalue weighted by Crippen LogP contribution is -2.52. The van der Waals surface area contributed by atoms with Gasteiger partial charge < -0.3 is 4.42 Å². The first-order chi connectivity index (χ1) is 13.0. The summed E-state index contributed by atoms with van der Waals surface area (Å²) in [5, 5.41) is 0. The predicted octanol–water partition coefficient (Wildman–Crippen LogP) is 3.29. The molecule has 1 aliphatic heterocycles. The van der Waals surface area contributed by atoms with Crippen LogP contribution in [0.2, 0.25) is 0 Å². The number of hydrogen-bond acceptors (Lipinski definition) is 5. The summed E-state index contributed by atoms with van der Waals surface area (Å²) in [6.45, 7) is 4.59. The summed E-state index contributed by atoms with van der Waals surface area (Å²) in [7, 11) is -3.45. The maximum Gasteiger partial charge on any atom is 0.243 e. The first-order valence-electron chi connectivity index (χ1n) is 9.81. The number of benzene rings is 1. The van der Waals surface area contributed by atoms with Gasteiger partial charge in [-0.05, 0) is 37.1 Å². The van der Waals surface area contributed by atoms with Gasteiger partial charge in [-0.1, -0.05) is 19.3 Å². The molecule has 0 bridgehead atoms. The lowest BCUT2D eigenvalue weighted by atomic mass is 9.94. The van der Waals surface area contributed by atoms with E-state index in [0.29, 0.717) is 35.7 Å². The summed E-state index contributed by atoms with van der Waals surface area (Å²) >= 11 is 0. The van der Waals surface area contributed by atoms with E-state index in [-0.39, 0.29) is 0 Å². The highest BCUT2D eigenvalue weighted by molar-refractivity contribution is 7.89. The van der Waals surface area contributed by atoms with E-state index in [9.17, 15) is 8.42 Å². The quantitative estimate of drug-likeness (QED) is 0.803. The molecule has 0 atom stereocenters. The third-order valence-electron chi connectivity index (χ3n) is 5.76. The molecule has 1 aliphatic carbocycles. The Morgan fingerprint density at radius 1 is 1.00 bits per heavy atom. The van der Waals surface area contributed by atoms with Crippen LogP contribution in [0.1, 0.15) is 38.0 Å². The zero-order valence-corrected chi connectivity index (χ0v) is 16.6. The van der Waals surface area contributed by atoms with Gasteiger partial charge in [0.1, 0.15) is 0 Å². The molecular weight excluding hydrogens is 362 g/mol. The number of oxazole rings is 1. The van der Waals surface area contributed by atoms with Gasteiger partial charge in [0, 0.05) is 44.7 Å². The lowest BCUT2D eigenvalue weighted by Gasteiger charge is -2.40. The fourth-order valence-corrected chi connectivity index (χ4v) is 5.61. The molecular formula is C20H27N3O3S. The molecule has 1 aromatic heterocycles. The molecule has 0 spiro atoms. The van der Waals surface area contributed by atoms with Crippen molar-refractivity contribution in [1.82, 2.24) is 14.2 Å². The number of nitrogens with zero attached hydrogens (tertiary/aromatic N) is 3. The average molecular weight is 390 g/mol. The van der Waals surface area contributed by atoms with E-state index in [4.69, 9.17) is 4.42 Å². The minimum atomic E-state index is -3.45. The van der Waals surface area contributed by atoms with Gasteiger partial charge >= 0.3 is 0 Å². The molecule has 1 saturated heterocycles. The Morgan fingerprint density at radius 3 is 2.26 bits per heavy atom. The molecule has 0 amide bonds. The van der Waals surface area contributed by atoms with Crippen LogP contribution >= 0.6 is 0 Å². The fraction of sp³-hybridized carbons (Fsp3) is 0.550. The highest BCUT2D eigenvalue weighted by atomic mass is 32.2. The third kappa shape index (κ3) is 3.95. The van der Waals surface area contributed by atoms with Crippen LogP contribution in [0.4, 0.5) is 0 Å². The molecule has 2 aromatic rings. The minimum Gasteiger partial charge on any atom is -0.441 e. The Bertz CT molecular complexity index is 862. The van der Waals surface area contributed by atoms with Gasteiger partial charge in [0.15, 0.2) is 11.7 Å². The van der Waals surface area contributed by atoms with E-state index in [1.54, 1.807) is 41.7 Å². The van der Waals surface area contributed by atoms with Crippen molar-refractivity contribution < 1.29 is 12.8 Å². The third-order valence-corrected chi connectivity index (χ3v) is 7.68. The summed E-state index contributed by atoms with van der Waals surface area (Å²) in [4.78, 5) is 6.91. The molecule has 6 nitrogen and oxygen atoms in total. The minimum absolute atomic E-state index is 0.341. The zero-order valence-electron chi connectivity index (χ0n) is 15.8. The van der Waals surface area contributed by atoms with Gasteiger partial charge in [-0.15, -0.1) is 0 Å². The number of rotatable bonds is 4. The second-order valence-electron chi connectivity index (χ2n) is 7.50. The van der Waals surface area contributed by atoms with Crippen molar-refractivity contribution in [1.29, 1.82) is 0 Å². The van der Waals surface area contributed by atoms with E-state index >= 15 is 0 Å². The number of aromatic nitrogens is 1. The second kappa shape index (κ2) is 7.73. The van der Waals surface area contributed by atoms with Gasteiger partial charge in [0.25, 0.3) is 0 Å². The molecule has 0 unspecified atom stereocenters. The van der Waals surface area contributed by atoms with Crippen molar-refractivity contribution in [2.45, 2.75) is 50.0 Å². The number of hydrogen-bond donors (Lipinski definition) is 0. The maximum absolute atomic E-state index is 13.0. The molecule has 1 saturated carbocycles. The normalized spacial score (nSPS) is 20.8. The molecule has 2 aliphatic rings. The molecule has 0 radical (unpaired) electrons. The van der Waals surface area contributed by atoms with Gasteiger partial charge in [0.05, 0.1) is 11.1 Å². The summed E-state index contributed by atoms with van der Waals surface area (Å²) in [6.07, 6.45) is 8.13. The molecule has 4 rings (SSSR count). The van der Waals surface area contributed by atoms with Crippen LogP contribution < -0.4 is 0 Å². The van der Waals surface area contributed by atoms with Crippen molar-refractivity contribution in [3.05, 3.63) is 36.4 Å². The van der Waals surface area contributed by atoms with Gasteiger partial charge in [0.2, 0.25) is 10.0 Å². The Kier molecular flexibility index (Phi) is 5.34. The van der Waals surface area contributed by atoms with Crippen LogP contribution in [0.25, 0.3) is 11.3 Å². The molecule has 2 fully saturated rings. The molecule has 27 heavy (non-hydrogen) atoms. The van der Waals surface area contributed by atoms with Crippen molar-refractivity contribution >= 4 is 10.0 Å². The molecule has 146 valence electrons. The van der Waals surface area contributed by atoms with Gasteiger partial charge in [-0.3, -0.25) is 4.90 Å². The lowest BCUT2D eigenvalue weighted by molar-refractivity contribution is 0.111. The summed E-state index contributed by atoms with van der Waals surface area (Å²) in [5.74, 6) is 1.25. The summed E-state index contributed by atoms with van der Waals surface area (Å²) in [5.41, 5.74) is 0.830. The number of sulfonamides is 1. The van der Waals surface area contributed by atoms with E-state index in [0.717, 1.165) is 18.7 Å². The first-order valence-corrected chi connectivity index (χ1v) is 11.2. The van der Waals surface area contributed by atoms with E-state index < -0.39 is 10.0 Å². The summed E-state index contributed by atoms with van der Waals surface area (Å²) < 4.78 is 33.1. The van der Waals surface area contributed by atoms with Crippen LogP contribution in [0.15, 0.2) is 39.8 Å². The standard InChI is InChI=1S/C20H27N3O3S/c1-16-21-15-20(26-16)17-7-9-19(10-8-17)27(24,25)23-13-11-22(12-14-23)18-5-3-2-4-6-18/h7-10,15,18H,2-6,11-14H2,1H3. The van der Waals surface area contributed by atoms with Crippen LogP contribution in [-0.4, -0.2) is 54.8 Å². The number of piperazine rings is 1. The molecule has 2 heterocycles. The van der Waals surface area contributed by atoms with Crippen molar-refractivity contribution in [3.63, 3.8) is 0 Å². The van der Waals surface area contributed by atoms with E-state index in [1.165, 1.54) is 32.1 Å². The number of aryl methyl sites for hydroxylation is 1. The maximum atomic E-state index is 13.0. The smallest absolute Gasteiger partial charge is 0.243 e. The fourth-order valence-electron chi connectivity index (χ4n) is 4.19. The van der Waals surface area contributed by atoms with Gasteiger partial charge in [-0.25, -0.2) is 13.4 Å². The van der Waals surface area contributed by atoms with Crippen LogP contribution in [-0.2, 0) is 10.0 Å². The molecule has 0 N–H and O–H groups in total. The van der Waals surface area contributed by atoms with E-state index in [2.05, 4.69) is 9.88 Å². The highest BCUT2D eigenvalue weighted by Crippen LogP contribution is 2.26. The summed E-state index contributed by atoms with van der Waals surface area (Å²) in [6, 6.07) is 7.54. The zero-order chi connectivity index (χ0) is 18.9. The van der Waals surface area contributed by atoms with Crippen LogP contribution in [0.5, 0.6) is 0 Å². The van der Waals surface area contributed by atoms with Crippen molar-refractivity contribution in [2.75, 3.05) is 26.2 Å². The van der Waals surface area contributed by atoms with Crippen LogP contribution in [0, 0.1) is 6.92 Å². The topological polar surface area (TPSA) is 66.7 Å². The van der Waals surface area contributed by atoms with Crippen molar-refractivity contribution in [3.8, 4) is 11.3 Å². The Morgan fingerprint density at radius 2 is 1.67 bits per heavy atom. The largest absolute Gasteiger partial charge is 0.441 e. The average Bonchev–Trinajstić information content (AvgIpc) is 3.15. The van der Waals surface area contributed by atoms with Crippen LogP contribution in [0.3, 0.4) is 0 Å². The molecule has 1 aromatic carbocycles. The van der Waals surface area contributed by atoms with Gasteiger partial charge in [-0.2, -0.15) is 4.31 Å². The highest BCUT2D eigenvalue weighted by Gasteiger charge is 2.31. The van der Waals surface area contributed by atoms with Crippen molar-refractivity contribution in [2.24, 2.45) is 0 Å². The Hall–Kier alpha value is -1.70. The second-order valence-corrected chi connectivity index (χ2v) is 9.44. The molecule has 7 heteroatoms.